The number of hydrogen-bond donors (Lipinski definition) is 2. The average Bonchev–Trinajstić information content (AvgIpc) is 2.68. The van der Waals surface area contributed by atoms with Gasteiger partial charge in [0.2, 0.25) is 11.8 Å². The Morgan fingerprint density at radius 2 is 1.32 bits per heavy atom. The summed E-state index contributed by atoms with van der Waals surface area (Å²) in [5.41, 5.74) is 2.29. The number of rotatable bonds is 10. The molecule has 0 fully saturated rings. The second-order valence-corrected chi connectivity index (χ2v) is 6.35. The number of ether oxygens (including phenoxy) is 1. The molecule has 0 saturated heterocycles. The van der Waals surface area contributed by atoms with Crippen LogP contribution in [-0.4, -0.2) is 24.4 Å². The first-order valence-electron chi connectivity index (χ1n) is 9.46. The molecule has 6 heteroatoms. The van der Waals surface area contributed by atoms with E-state index >= 15 is 0 Å². The van der Waals surface area contributed by atoms with Gasteiger partial charge in [0.05, 0.1) is 13.0 Å². The summed E-state index contributed by atoms with van der Waals surface area (Å²) in [6, 6.07) is 16.4. The summed E-state index contributed by atoms with van der Waals surface area (Å²) in [4.78, 5) is 35.3. The van der Waals surface area contributed by atoms with Crippen molar-refractivity contribution in [2.45, 2.75) is 39.0 Å². The molecule has 0 atom stereocenters. The van der Waals surface area contributed by atoms with E-state index in [1.165, 1.54) is 0 Å². The van der Waals surface area contributed by atoms with Crippen molar-refractivity contribution in [2.75, 3.05) is 17.2 Å². The Hall–Kier alpha value is -3.15. The lowest BCUT2D eigenvalue weighted by molar-refractivity contribution is -0.142. The molecule has 2 rings (SSSR count). The number of anilines is 2. The summed E-state index contributed by atoms with van der Waals surface area (Å²) in [6.07, 6.45) is 2.22. The number of para-hydroxylation sites is 1. The van der Waals surface area contributed by atoms with Gasteiger partial charge in [0.15, 0.2) is 0 Å². The highest BCUT2D eigenvalue weighted by Crippen LogP contribution is 2.12. The highest BCUT2D eigenvalue weighted by molar-refractivity contribution is 5.91. The van der Waals surface area contributed by atoms with Crippen molar-refractivity contribution in [1.82, 2.24) is 0 Å². The molecular weight excluding hydrogens is 356 g/mol. The summed E-state index contributed by atoms with van der Waals surface area (Å²) < 4.78 is 4.91. The summed E-state index contributed by atoms with van der Waals surface area (Å²) in [5, 5.41) is 5.64. The van der Waals surface area contributed by atoms with E-state index in [0.29, 0.717) is 38.0 Å². The molecule has 0 aliphatic carbocycles. The van der Waals surface area contributed by atoms with Crippen molar-refractivity contribution < 1.29 is 19.1 Å². The van der Waals surface area contributed by atoms with Gasteiger partial charge in [0, 0.05) is 24.2 Å². The number of amides is 2. The van der Waals surface area contributed by atoms with Crippen LogP contribution in [-0.2, 0) is 25.5 Å². The van der Waals surface area contributed by atoms with Crippen LogP contribution in [0.3, 0.4) is 0 Å². The third-order valence-electron chi connectivity index (χ3n) is 4.01. The summed E-state index contributed by atoms with van der Waals surface area (Å²) in [7, 11) is 0. The molecule has 0 aliphatic heterocycles. The maximum absolute atomic E-state index is 12.0. The topological polar surface area (TPSA) is 84.5 Å². The molecule has 6 nitrogen and oxygen atoms in total. The lowest BCUT2D eigenvalue weighted by atomic mass is 10.1. The van der Waals surface area contributed by atoms with Crippen LogP contribution in [0.1, 0.15) is 38.2 Å². The monoisotopic (exact) mass is 382 g/mol. The van der Waals surface area contributed by atoms with E-state index in [1.54, 1.807) is 31.2 Å². The summed E-state index contributed by atoms with van der Waals surface area (Å²) in [5.74, 6) is -0.416. The lowest BCUT2D eigenvalue weighted by Gasteiger charge is -2.07. The standard InChI is InChI=1S/C22H26N2O4/c1-2-28-22(27)16-17-12-14-19(15-13-17)24-21(26)11-7-6-10-20(25)23-18-8-4-3-5-9-18/h3-5,8-9,12-15H,2,6-7,10-11,16H2,1H3,(H,23,25)(H,24,26). The van der Waals surface area contributed by atoms with E-state index in [-0.39, 0.29) is 24.2 Å². The van der Waals surface area contributed by atoms with E-state index in [1.807, 2.05) is 30.3 Å². The molecular formula is C22H26N2O4. The fourth-order valence-corrected chi connectivity index (χ4v) is 2.62. The molecule has 2 aromatic carbocycles. The number of carbonyl (C=O) groups is 3. The third kappa shape index (κ3) is 8.03. The van der Waals surface area contributed by atoms with Crippen LogP contribution in [0.4, 0.5) is 11.4 Å². The normalized spacial score (nSPS) is 10.2. The van der Waals surface area contributed by atoms with Crippen LogP contribution in [0.2, 0.25) is 0 Å². The smallest absolute Gasteiger partial charge is 0.310 e. The maximum Gasteiger partial charge on any atom is 0.310 e. The van der Waals surface area contributed by atoms with Crippen molar-refractivity contribution in [3.05, 3.63) is 60.2 Å². The van der Waals surface area contributed by atoms with Crippen molar-refractivity contribution in [1.29, 1.82) is 0 Å². The zero-order valence-electron chi connectivity index (χ0n) is 16.1. The number of unbranched alkanes of at least 4 members (excludes halogenated alkanes) is 1. The predicted molar refractivity (Wildman–Crippen MR) is 109 cm³/mol. The van der Waals surface area contributed by atoms with E-state index in [2.05, 4.69) is 10.6 Å². The summed E-state index contributed by atoms with van der Waals surface area (Å²) >= 11 is 0. The third-order valence-corrected chi connectivity index (χ3v) is 4.01. The van der Waals surface area contributed by atoms with Crippen LogP contribution < -0.4 is 10.6 Å². The minimum atomic E-state index is -0.268. The van der Waals surface area contributed by atoms with Crippen molar-refractivity contribution in [3.8, 4) is 0 Å². The first-order chi connectivity index (χ1) is 13.6. The first kappa shape index (κ1) is 21.2. The molecule has 2 amide bonds. The summed E-state index contributed by atoms with van der Waals surface area (Å²) in [6.45, 7) is 2.13. The molecule has 28 heavy (non-hydrogen) atoms. The van der Waals surface area contributed by atoms with Gasteiger partial charge in [-0.1, -0.05) is 30.3 Å². The Labute approximate surface area is 165 Å². The molecule has 0 spiro atoms. The highest BCUT2D eigenvalue weighted by Gasteiger charge is 2.07. The molecule has 0 unspecified atom stereocenters. The predicted octanol–water partition coefficient (Wildman–Crippen LogP) is 3.93. The zero-order valence-corrected chi connectivity index (χ0v) is 16.1. The molecule has 0 aromatic heterocycles. The largest absolute Gasteiger partial charge is 0.466 e. The number of nitrogens with one attached hydrogen (secondary N) is 2. The fourth-order valence-electron chi connectivity index (χ4n) is 2.62. The Bertz CT molecular complexity index is 773. The fraction of sp³-hybridized carbons (Fsp3) is 0.318. The minimum absolute atomic E-state index is 0.0520. The van der Waals surface area contributed by atoms with Crippen LogP contribution >= 0.6 is 0 Å². The Morgan fingerprint density at radius 3 is 1.86 bits per heavy atom. The SMILES string of the molecule is CCOC(=O)Cc1ccc(NC(=O)CCCCC(=O)Nc2ccccc2)cc1. The van der Waals surface area contributed by atoms with Gasteiger partial charge in [-0.3, -0.25) is 14.4 Å². The van der Waals surface area contributed by atoms with Gasteiger partial charge >= 0.3 is 5.97 Å². The number of hydrogen-bond acceptors (Lipinski definition) is 4. The minimum Gasteiger partial charge on any atom is -0.466 e. The molecule has 2 aromatic rings. The first-order valence-corrected chi connectivity index (χ1v) is 9.46. The average molecular weight is 382 g/mol. The molecule has 0 bridgehead atoms. The van der Waals surface area contributed by atoms with Gasteiger partial charge in [0.25, 0.3) is 0 Å². The highest BCUT2D eigenvalue weighted by atomic mass is 16.5. The molecule has 0 heterocycles. The van der Waals surface area contributed by atoms with Crippen LogP contribution in [0.15, 0.2) is 54.6 Å². The molecule has 0 saturated carbocycles. The van der Waals surface area contributed by atoms with Gasteiger partial charge < -0.3 is 15.4 Å². The Balaban J connectivity index is 1.64. The second-order valence-electron chi connectivity index (χ2n) is 6.35. The van der Waals surface area contributed by atoms with Crippen LogP contribution in [0.5, 0.6) is 0 Å². The molecule has 0 aliphatic rings. The van der Waals surface area contributed by atoms with Gasteiger partial charge in [-0.25, -0.2) is 0 Å². The van der Waals surface area contributed by atoms with E-state index in [9.17, 15) is 14.4 Å². The van der Waals surface area contributed by atoms with Gasteiger partial charge in [-0.2, -0.15) is 0 Å². The molecule has 2 N–H and O–H groups in total. The Morgan fingerprint density at radius 1 is 0.786 bits per heavy atom. The van der Waals surface area contributed by atoms with Gasteiger partial charge in [0.1, 0.15) is 0 Å². The lowest BCUT2D eigenvalue weighted by Crippen LogP contribution is -2.13. The van der Waals surface area contributed by atoms with Crippen LogP contribution in [0.25, 0.3) is 0 Å². The van der Waals surface area contributed by atoms with E-state index in [0.717, 1.165) is 11.3 Å². The molecule has 148 valence electrons. The van der Waals surface area contributed by atoms with Crippen molar-refractivity contribution in [3.63, 3.8) is 0 Å². The quantitative estimate of drug-likeness (QED) is 0.482. The van der Waals surface area contributed by atoms with Gasteiger partial charge in [-0.15, -0.1) is 0 Å². The molecule has 0 radical (unpaired) electrons. The maximum atomic E-state index is 12.0. The zero-order chi connectivity index (χ0) is 20.2. The van der Waals surface area contributed by atoms with Crippen LogP contribution in [0, 0.1) is 0 Å². The second kappa shape index (κ2) is 11.5. The number of carbonyl (C=O) groups excluding carboxylic acids is 3. The van der Waals surface area contributed by atoms with E-state index < -0.39 is 0 Å². The van der Waals surface area contributed by atoms with Crippen molar-refractivity contribution >= 4 is 29.2 Å². The van der Waals surface area contributed by atoms with Gasteiger partial charge in [-0.05, 0) is 49.6 Å². The Kier molecular flexibility index (Phi) is 8.72. The number of benzene rings is 2. The number of esters is 1. The van der Waals surface area contributed by atoms with E-state index in [4.69, 9.17) is 4.74 Å². The van der Waals surface area contributed by atoms with Crippen molar-refractivity contribution in [2.24, 2.45) is 0 Å².